The molecule has 2 heterocycles. The molecule has 1 aromatic carbocycles. The SMILES string of the molecule is CCN1C(CBr)=C[C@@H](c2ccc(F)c(F)c2C)N=C1c1nccs1. The van der Waals surface area contributed by atoms with E-state index >= 15 is 0 Å². The van der Waals surface area contributed by atoms with E-state index < -0.39 is 11.6 Å². The summed E-state index contributed by atoms with van der Waals surface area (Å²) in [7, 11) is 0. The lowest BCUT2D eigenvalue weighted by Gasteiger charge is -2.31. The molecule has 0 saturated heterocycles. The highest BCUT2D eigenvalue weighted by Gasteiger charge is 2.27. The Hall–Kier alpha value is -1.60. The number of benzene rings is 1. The van der Waals surface area contributed by atoms with Crippen LogP contribution < -0.4 is 0 Å². The molecule has 126 valence electrons. The van der Waals surface area contributed by atoms with Crippen LogP contribution in [-0.4, -0.2) is 27.6 Å². The van der Waals surface area contributed by atoms with Crippen LogP contribution in [0.4, 0.5) is 8.78 Å². The zero-order valence-corrected chi connectivity index (χ0v) is 15.7. The standard InChI is InChI=1S/C17H16BrF2N3S/c1-3-23-11(9-18)8-14(22-16(23)17-21-6-7-24-17)12-4-5-13(19)15(20)10(12)2/h4-8,14H,3,9H2,1-2H3/t14-/m0/s1. The molecular weight excluding hydrogens is 396 g/mol. The van der Waals surface area contributed by atoms with Crippen LogP contribution in [0.1, 0.15) is 29.1 Å². The van der Waals surface area contributed by atoms with Crippen molar-refractivity contribution in [3.8, 4) is 0 Å². The van der Waals surface area contributed by atoms with E-state index in [0.29, 0.717) is 10.9 Å². The lowest BCUT2D eigenvalue weighted by atomic mass is 9.99. The molecule has 0 aliphatic carbocycles. The molecular formula is C17H16BrF2N3S. The summed E-state index contributed by atoms with van der Waals surface area (Å²) in [6.07, 6.45) is 3.72. The zero-order valence-electron chi connectivity index (χ0n) is 13.3. The van der Waals surface area contributed by atoms with E-state index in [1.807, 2.05) is 18.4 Å². The molecule has 0 bridgehead atoms. The van der Waals surface area contributed by atoms with Gasteiger partial charge in [0.15, 0.2) is 22.5 Å². The third kappa shape index (κ3) is 3.02. The molecule has 1 aromatic heterocycles. The van der Waals surface area contributed by atoms with Gasteiger partial charge in [-0.25, -0.2) is 13.8 Å². The maximum absolute atomic E-state index is 14.0. The molecule has 0 saturated carbocycles. The molecule has 7 heteroatoms. The van der Waals surface area contributed by atoms with Crippen LogP contribution in [0.5, 0.6) is 0 Å². The number of aliphatic imine (C=N–C) groups is 1. The molecule has 1 aliphatic rings. The zero-order chi connectivity index (χ0) is 17.3. The van der Waals surface area contributed by atoms with Crippen molar-refractivity contribution in [2.75, 3.05) is 11.9 Å². The number of allylic oxidation sites excluding steroid dienone is 1. The molecule has 24 heavy (non-hydrogen) atoms. The lowest BCUT2D eigenvalue weighted by Crippen LogP contribution is -2.35. The quantitative estimate of drug-likeness (QED) is 0.673. The number of nitrogens with zero attached hydrogens (tertiary/aromatic N) is 3. The lowest BCUT2D eigenvalue weighted by molar-refractivity contribution is 0.497. The number of hydrogen-bond acceptors (Lipinski definition) is 4. The fourth-order valence-electron chi connectivity index (χ4n) is 2.77. The molecule has 0 N–H and O–H groups in total. The normalized spacial score (nSPS) is 17.7. The van der Waals surface area contributed by atoms with Gasteiger partial charge in [0.1, 0.15) is 0 Å². The van der Waals surface area contributed by atoms with Crippen molar-refractivity contribution in [3.63, 3.8) is 0 Å². The number of rotatable bonds is 4. The van der Waals surface area contributed by atoms with Gasteiger partial charge in [-0.3, -0.25) is 4.99 Å². The Balaban J connectivity index is 2.12. The number of thiazole rings is 1. The average Bonchev–Trinajstić information content (AvgIpc) is 3.13. The van der Waals surface area contributed by atoms with Crippen LogP contribution in [-0.2, 0) is 0 Å². The summed E-state index contributed by atoms with van der Waals surface area (Å²) >= 11 is 5.02. The van der Waals surface area contributed by atoms with Crippen LogP contribution in [0, 0.1) is 18.6 Å². The number of alkyl halides is 1. The van der Waals surface area contributed by atoms with Gasteiger partial charge < -0.3 is 4.90 Å². The largest absolute Gasteiger partial charge is 0.328 e. The van der Waals surface area contributed by atoms with Crippen molar-refractivity contribution in [2.45, 2.75) is 19.9 Å². The monoisotopic (exact) mass is 411 g/mol. The molecule has 0 spiro atoms. The first kappa shape index (κ1) is 17.2. The van der Waals surface area contributed by atoms with E-state index in [2.05, 4.69) is 25.8 Å². The van der Waals surface area contributed by atoms with Gasteiger partial charge in [0, 0.05) is 29.1 Å². The summed E-state index contributed by atoms with van der Waals surface area (Å²) in [5.41, 5.74) is 1.99. The minimum Gasteiger partial charge on any atom is -0.328 e. The van der Waals surface area contributed by atoms with Gasteiger partial charge in [0.05, 0.1) is 6.04 Å². The maximum atomic E-state index is 14.0. The predicted molar refractivity (Wildman–Crippen MR) is 96.7 cm³/mol. The van der Waals surface area contributed by atoms with Crippen LogP contribution in [0.2, 0.25) is 0 Å². The number of aromatic nitrogens is 1. The average molecular weight is 412 g/mol. The predicted octanol–water partition coefficient (Wildman–Crippen LogP) is 4.83. The summed E-state index contributed by atoms with van der Waals surface area (Å²) in [6, 6.07) is 2.39. The Labute approximate surface area is 151 Å². The highest BCUT2D eigenvalue weighted by Crippen LogP contribution is 2.32. The maximum Gasteiger partial charge on any atom is 0.165 e. The molecule has 1 atom stereocenters. The fraction of sp³-hybridized carbons (Fsp3) is 0.294. The molecule has 3 rings (SSSR count). The Bertz CT molecular complexity index is 802. The molecule has 3 nitrogen and oxygen atoms in total. The number of amidine groups is 1. The minimum absolute atomic E-state index is 0.289. The van der Waals surface area contributed by atoms with Gasteiger partial charge in [0.2, 0.25) is 0 Å². The van der Waals surface area contributed by atoms with Gasteiger partial charge >= 0.3 is 0 Å². The first-order valence-electron chi connectivity index (χ1n) is 7.53. The van der Waals surface area contributed by atoms with Crippen molar-refractivity contribution in [1.82, 2.24) is 9.88 Å². The van der Waals surface area contributed by atoms with E-state index in [0.717, 1.165) is 29.2 Å². The smallest absolute Gasteiger partial charge is 0.165 e. The second-order valence-corrected chi connectivity index (χ2v) is 6.80. The Morgan fingerprint density at radius 2 is 2.12 bits per heavy atom. The van der Waals surface area contributed by atoms with Crippen LogP contribution in [0.15, 0.2) is 40.5 Å². The van der Waals surface area contributed by atoms with Gasteiger partial charge in [-0.15, -0.1) is 11.3 Å². The molecule has 1 aliphatic heterocycles. The van der Waals surface area contributed by atoms with E-state index in [-0.39, 0.29) is 11.6 Å². The summed E-state index contributed by atoms with van der Waals surface area (Å²) in [6.45, 7) is 4.38. The van der Waals surface area contributed by atoms with Crippen molar-refractivity contribution in [2.24, 2.45) is 4.99 Å². The van der Waals surface area contributed by atoms with E-state index in [4.69, 9.17) is 4.99 Å². The Morgan fingerprint density at radius 1 is 1.33 bits per heavy atom. The van der Waals surface area contributed by atoms with Gasteiger partial charge in [-0.1, -0.05) is 22.0 Å². The molecule has 0 radical (unpaired) electrons. The summed E-state index contributed by atoms with van der Waals surface area (Å²) in [5, 5.41) is 3.36. The van der Waals surface area contributed by atoms with Crippen molar-refractivity contribution < 1.29 is 8.78 Å². The number of halogens is 3. The van der Waals surface area contributed by atoms with E-state index in [1.165, 1.54) is 11.3 Å². The highest BCUT2D eigenvalue weighted by molar-refractivity contribution is 9.09. The van der Waals surface area contributed by atoms with Gasteiger partial charge in [0.25, 0.3) is 0 Å². The van der Waals surface area contributed by atoms with Crippen LogP contribution in [0.25, 0.3) is 0 Å². The number of hydrogen-bond donors (Lipinski definition) is 0. The first-order chi connectivity index (χ1) is 11.6. The fourth-order valence-corrected chi connectivity index (χ4v) is 3.90. The van der Waals surface area contributed by atoms with Gasteiger partial charge in [-0.05, 0) is 37.1 Å². The first-order valence-corrected chi connectivity index (χ1v) is 9.53. The summed E-state index contributed by atoms with van der Waals surface area (Å²) < 4.78 is 27.4. The second-order valence-electron chi connectivity index (χ2n) is 5.35. The van der Waals surface area contributed by atoms with Crippen molar-refractivity contribution in [3.05, 3.63) is 63.3 Å². The molecule has 0 unspecified atom stereocenters. The third-order valence-electron chi connectivity index (χ3n) is 3.99. The van der Waals surface area contributed by atoms with E-state index in [1.54, 1.807) is 19.2 Å². The summed E-state index contributed by atoms with van der Waals surface area (Å²) in [4.78, 5) is 11.2. The third-order valence-corrected chi connectivity index (χ3v) is 5.33. The minimum atomic E-state index is -0.837. The molecule has 2 aromatic rings. The molecule has 0 fully saturated rings. The Morgan fingerprint density at radius 3 is 2.75 bits per heavy atom. The highest BCUT2D eigenvalue weighted by atomic mass is 79.9. The van der Waals surface area contributed by atoms with Crippen molar-refractivity contribution >= 4 is 33.1 Å². The van der Waals surface area contributed by atoms with Crippen LogP contribution in [0.3, 0.4) is 0 Å². The summed E-state index contributed by atoms with van der Waals surface area (Å²) in [5.74, 6) is -0.889. The Kier molecular flexibility index (Phi) is 5.10. The van der Waals surface area contributed by atoms with Gasteiger partial charge in [-0.2, -0.15) is 0 Å². The second kappa shape index (κ2) is 7.11. The van der Waals surface area contributed by atoms with Crippen molar-refractivity contribution in [1.29, 1.82) is 0 Å². The van der Waals surface area contributed by atoms with E-state index in [9.17, 15) is 8.78 Å². The topological polar surface area (TPSA) is 28.5 Å². The molecule has 0 amide bonds. The van der Waals surface area contributed by atoms with Crippen LogP contribution >= 0.6 is 27.3 Å².